The summed E-state index contributed by atoms with van der Waals surface area (Å²) in [4.78, 5) is 12.8. The van der Waals surface area contributed by atoms with Gasteiger partial charge in [0.15, 0.2) is 5.69 Å². The number of fused-ring (bicyclic) bond motifs is 1. The van der Waals surface area contributed by atoms with Crippen molar-refractivity contribution in [2.75, 3.05) is 6.61 Å². The number of carbonyl (C=O) groups excluding carboxylic acids is 1. The van der Waals surface area contributed by atoms with E-state index in [-0.39, 0.29) is 18.1 Å². The summed E-state index contributed by atoms with van der Waals surface area (Å²) in [5.74, 6) is 0.715. The molecule has 1 amide bonds. The lowest BCUT2D eigenvalue weighted by atomic mass is 9.95. The van der Waals surface area contributed by atoms with Crippen LogP contribution in [0.1, 0.15) is 66.1 Å². The number of aryl methyl sites for hydroxylation is 2. The van der Waals surface area contributed by atoms with E-state index in [0.29, 0.717) is 12.3 Å². The minimum absolute atomic E-state index is 0.0771. The number of hydrogen-bond donors (Lipinski definition) is 1. The van der Waals surface area contributed by atoms with E-state index in [9.17, 15) is 4.79 Å². The summed E-state index contributed by atoms with van der Waals surface area (Å²) < 4.78 is 13.2. The Balaban J connectivity index is 1.51. The summed E-state index contributed by atoms with van der Waals surface area (Å²) in [6.07, 6.45) is 9.40. The number of nitrogens with one attached hydrogen (secondary N) is 1. The summed E-state index contributed by atoms with van der Waals surface area (Å²) in [5.41, 5.74) is 2.44. The monoisotopic (exact) mass is 344 g/mol. The highest BCUT2D eigenvalue weighted by molar-refractivity contribution is 5.94. The van der Waals surface area contributed by atoms with E-state index in [0.717, 1.165) is 62.0 Å². The molecule has 2 aromatic heterocycles. The van der Waals surface area contributed by atoms with Crippen LogP contribution < -0.4 is 5.32 Å². The number of aromatic nitrogens is 3. The molecule has 0 bridgehead atoms. The number of amides is 1. The molecule has 0 radical (unpaired) electrons. The van der Waals surface area contributed by atoms with E-state index < -0.39 is 0 Å². The number of carbonyl (C=O) groups is 1. The molecule has 2 atom stereocenters. The van der Waals surface area contributed by atoms with Gasteiger partial charge in [0.2, 0.25) is 0 Å². The first-order valence-electron chi connectivity index (χ1n) is 9.18. The zero-order valence-corrected chi connectivity index (χ0v) is 14.5. The first kappa shape index (κ1) is 16.3. The molecule has 1 aliphatic heterocycles. The van der Waals surface area contributed by atoms with Gasteiger partial charge in [-0.3, -0.25) is 9.48 Å². The average molecular weight is 344 g/mol. The SMILES string of the molecule is CCn1cc([C@H]2OCCC[C@@H]2NC(=O)c2noc3c2CCCC3)cn1. The Hall–Kier alpha value is -2.15. The highest BCUT2D eigenvalue weighted by atomic mass is 16.5. The van der Waals surface area contributed by atoms with Gasteiger partial charge >= 0.3 is 0 Å². The van der Waals surface area contributed by atoms with Crippen molar-refractivity contribution in [2.24, 2.45) is 0 Å². The van der Waals surface area contributed by atoms with Crippen molar-refractivity contribution in [3.63, 3.8) is 0 Å². The molecule has 134 valence electrons. The van der Waals surface area contributed by atoms with Gasteiger partial charge in [0, 0.05) is 36.9 Å². The van der Waals surface area contributed by atoms with Gasteiger partial charge in [-0.05, 0) is 39.0 Å². The van der Waals surface area contributed by atoms with Crippen molar-refractivity contribution in [3.8, 4) is 0 Å². The van der Waals surface area contributed by atoms with E-state index in [1.807, 2.05) is 24.0 Å². The summed E-state index contributed by atoms with van der Waals surface area (Å²) in [6.45, 7) is 3.56. The van der Waals surface area contributed by atoms with Crippen LogP contribution in [0.2, 0.25) is 0 Å². The molecule has 0 aromatic carbocycles. The topological polar surface area (TPSA) is 82.2 Å². The zero-order valence-electron chi connectivity index (χ0n) is 14.5. The molecule has 7 nitrogen and oxygen atoms in total. The lowest BCUT2D eigenvalue weighted by molar-refractivity contribution is -0.00960. The van der Waals surface area contributed by atoms with Gasteiger partial charge in [-0.15, -0.1) is 0 Å². The van der Waals surface area contributed by atoms with Crippen LogP contribution in [0.25, 0.3) is 0 Å². The predicted octanol–water partition coefficient (Wildman–Crippen LogP) is 2.42. The molecule has 0 spiro atoms. The number of rotatable bonds is 4. The quantitative estimate of drug-likeness (QED) is 0.921. The Labute approximate surface area is 146 Å². The third-order valence-corrected chi connectivity index (χ3v) is 5.11. The fourth-order valence-electron chi connectivity index (χ4n) is 3.76. The first-order chi connectivity index (χ1) is 12.3. The molecular weight excluding hydrogens is 320 g/mol. The maximum Gasteiger partial charge on any atom is 0.274 e. The predicted molar refractivity (Wildman–Crippen MR) is 90.2 cm³/mol. The molecule has 0 saturated carbocycles. The minimum Gasteiger partial charge on any atom is -0.371 e. The van der Waals surface area contributed by atoms with Gasteiger partial charge < -0.3 is 14.6 Å². The molecule has 1 saturated heterocycles. The Morgan fingerprint density at radius 2 is 2.24 bits per heavy atom. The molecular formula is C18H24N4O3. The van der Waals surface area contributed by atoms with Gasteiger partial charge in [0.05, 0.1) is 12.2 Å². The molecule has 1 N–H and O–H groups in total. The lowest BCUT2D eigenvalue weighted by Gasteiger charge is -2.31. The maximum absolute atomic E-state index is 12.8. The average Bonchev–Trinajstić information content (AvgIpc) is 3.29. The van der Waals surface area contributed by atoms with Crippen molar-refractivity contribution >= 4 is 5.91 Å². The van der Waals surface area contributed by atoms with E-state index in [1.54, 1.807) is 0 Å². The molecule has 7 heteroatoms. The molecule has 2 aromatic rings. The van der Waals surface area contributed by atoms with E-state index in [2.05, 4.69) is 15.6 Å². The third-order valence-electron chi connectivity index (χ3n) is 5.11. The van der Waals surface area contributed by atoms with Gasteiger partial charge in [0.1, 0.15) is 11.9 Å². The Morgan fingerprint density at radius 1 is 1.36 bits per heavy atom. The van der Waals surface area contributed by atoms with Crippen LogP contribution in [0.5, 0.6) is 0 Å². The van der Waals surface area contributed by atoms with Gasteiger partial charge in [0.25, 0.3) is 5.91 Å². The minimum atomic E-state index is -0.166. The number of nitrogens with zero attached hydrogens (tertiary/aromatic N) is 3. The van der Waals surface area contributed by atoms with Crippen LogP contribution in [-0.2, 0) is 24.1 Å². The smallest absolute Gasteiger partial charge is 0.274 e. The lowest BCUT2D eigenvalue weighted by Crippen LogP contribution is -2.43. The fourth-order valence-corrected chi connectivity index (χ4v) is 3.76. The van der Waals surface area contributed by atoms with E-state index in [1.165, 1.54) is 0 Å². The van der Waals surface area contributed by atoms with Crippen LogP contribution in [0, 0.1) is 0 Å². The summed E-state index contributed by atoms with van der Waals surface area (Å²) in [6, 6.07) is -0.0771. The third kappa shape index (κ3) is 3.20. The highest BCUT2D eigenvalue weighted by Crippen LogP contribution is 2.29. The van der Waals surface area contributed by atoms with Crippen LogP contribution >= 0.6 is 0 Å². The van der Waals surface area contributed by atoms with Crippen molar-refractivity contribution in [3.05, 3.63) is 35.0 Å². The molecule has 3 heterocycles. The van der Waals surface area contributed by atoms with E-state index >= 15 is 0 Å². The van der Waals surface area contributed by atoms with Gasteiger partial charge in [-0.2, -0.15) is 5.10 Å². The van der Waals surface area contributed by atoms with Crippen molar-refractivity contribution in [1.82, 2.24) is 20.3 Å². The Kier molecular flexibility index (Phi) is 4.57. The Morgan fingerprint density at radius 3 is 3.08 bits per heavy atom. The van der Waals surface area contributed by atoms with Crippen LogP contribution in [0.3, 0.4) is 0 Å². The van der Waals surface area contributed by atoms with Crippen LogP contribution in [-0.4, -0.2) is 33.5 Å². The normalized spacial score (nSPS) is 23.2. The molecule has 2 aliphatic rings. The molecule has 1 aliphatic carbocycles. The van der Waals surface area contributed by atoms with Gasteiger partial charge in [-0.1, -0.05) is 5.16 Å². The van der Waals surface area contributed by atoms with Crippen molar-refractivity contribution < 1.29 is 14.1 Å². The Bertz CT molecular complexity index is 751. The van der Waals surface area contributed by atoms with Crippen LogP contribution in [0.15, 0.2) is 16.9 Å². The molecule has 0 unspecified atom stereocenters. The summed E-state index contributed by atoms with van der Waals surface area (Å²) in [7, 11) is 0. The standard InChI is InChI=1S/C18H24N4O3/c1-2-22-11-12(10-19-22)17-14(7-5-9-24-17)20-18(23)16-13-6-3-4-8-15(13)25-21-16/h10-11,14,17H,2-9H2,1H3,(H,20,23)/t14-,17+/m0/s1. The summed E-state index contributed by atoms with van der Waals surface area (Å²) in [5, 5.41) is 11.5. The summed E-state index contributed by atoms with van der Waals surface area (Å²) >= 11 is 0. The second-order valence-electron chi connectivity index (χ2n) is 6.78. The number of hydrogen-bond acceptors (Lipinski definition) is 5. The van der Waals surface area contributed by atoms with Crippen LogP contribution in [0.4, 0.5) is 0 Å². The highest BCUT2D eigenvalue weighted by Gasteiger charge is 2.32. The molecule has 4 rings (SSSR count). The van der Waals surface area contributed by atoms with Gasteiger partial charge in [-0.25, -0.2) is 0 Å². The van der Waals surface area contributed by atoms with Crippen molar-refractivity contribution in [1.29, 1.82) is 0 Å². The molecule has 1 fully saturated rings. The maximum atomic E-state index is 12.8. The van der Waals surface area contributed by atoms with Crippen molar-refractivity contribution in [2.45, 2.75) is 64.1 Å². The second kappa shape index (κ2) is 7.00. The fraction of sp³-hybridized carbons (Fsp3) is 0.611. The second-order valence-corrected chi connectivity index (χ2v) is 6.78. The zero-order chi connectivity index (χ0) is 17.2. The number of ether oxygens (including phenoxy) is 1. The molecule has 25 heavy (non-hydrogen) atoms. The van der Waals surface area contributed by atoms with E-state index in [4.69, 9.17) is 9.26 Å². The largest absolute Gasteiger partial charge is 0.371 e. The first-order valence-corrected chi connectivity index (χ1v) is 9.18.